The highest BCUT2D eigenvalue weighted by atomic mass is 35.5. The lowest BCUT2D eigenvalue weighted by Gasteiger charge is -2.10. The van der Waals surface area contributed by atoms with Crippen molar-refractivity contribution >= 4 is 25.6 Å². The van der Waals surface area contributed by atoms with E-state index in [1.54, 1.807) is 12.1 Å². The zero-order valence-corrected chi connectivity index (χ0v) is 11.7. The third-order valence-electron chi connectivity index (χ3n) is 2.20. The van der Waals surface area contributed by atoms with Gasteiger partial charge in [-0.2, -0.15) is 0 Å². The van der Waals surface area contributed by atoms with Gasteiger partial charge in [-0.15, -0.1) is 12.4 Å². The molecular formula is C11H18BClN2O4. The molecule has 1 rings (SSSR count). The van der Waals surface area contributed by atoms with Gasteiger partial charge in [0.25, 0.3) is 5.91 Å². The van der Waals surface area contributed by atoms with E-state index in [0.29, 0.717) is 12.1 Å². The standard InChI is InChI=1S/C11H17BN2O4.ClH/c1-14(2)8-7-13-11(15)9-3-5-10(6-4-9)18-12(16)17;/h3-6,16-17H,7-8H2,1-2H3,(H,13,15);1H. The normalized spacial score (nSPS) is 9.74. The van der Waals surface area contributed by atoms with Crippen LogP contribution in [0.4, 0.5) is 0 Å². The van der Waals surface area contributed by atoms with E-state index in [2.05, 4.69) is 9.97 Å². The minimum Gasteiger partial charge on any atom is -0.512 e. The molecule has 0 aliphatic carbocycles. The minimum absolute atomic E-state index is 0. The molecule has 1 aromatic carbocycles. The van der Waals surface area contributed by atoms with E-state index in [0.717, 1.165) is 6.54 Å². The van der Waals surface area contributed by atoms with Gasteiger partial charge < -0.3 is 24.9 Å². The third kappa shape index (κ3) is 7.02. The second kappa shape index (κ2) is 8.76. The number of carbonyl (C=O) groups excluding carboxylic acids is 1. The summed E-state index contributed by atoms with van der Waals surface area (Å²) in [6, 6.07) is 6.12. The number of likely N-dealkylation sites (N-methyl/N-ethyl adjacent to an activating group) is 1. The molecule has 8 heteroatoms. The number of benzene rings is 1. The van der Waals surface area contributed by atoms with E-state index in [1.807, 2.05) is 19.0 Å². The quantitative estimate of drug-likeness (QED) is 0.629. The summed E-state index contributed by atoms with van der Waals surface area (Å²) in [7, 11) is 2.00. The number of amides is 1. The Morgan fingerprint density at radius 3 is 2.37 bits per heavy atom. The lowest BCUT2D eigenvalue weighted by molar-refractivity contribution is 0.0951. The molecular weight excluding hydrogens is 270 g/mol. The molecule has 3 N–H and O–H groups in total. The van der Waals surface area contributed by atoms with Gasteiger partial charge in [-0.05, 0) is 38.4 Å². The van der Waals surface area contributed by atoms with Crippen LogP contribution >= 0.6 is 12.4 Å². The highest BCUT2D eigenvalue weighted by Crippen LogP contribution is 2.12. The first-order valence-corrected chi connectivity index (χ1v) is 5.55. The van der Waals surface area contributed by atoms with E-state index >= 15 is 0 Å². The molecule has 19 heavy (non-hydrogen) atoms. The van der Waals surface area contributed by atoms with E-state index in [9.17, 15) is 4.79 Å². The van der Waals surface area contributed by atoms with Crippen molar-refractivity contribution in [1.82, 2.24) is 10.2 Å². The number of carbonyl (C=O) groups is 1. The van der Waals surface area contributed by atoms with E-state index in [-0.39, 0.29) is 24.1 Å². The van der Waals surface area contributed by atoms with Gasteiger partial charge in [0, 0.05) is 18.7 Å². The summed E-state index contributed by atoms with van der Waals surface area (Å²) in [5.41, 5.74) is 0.494. The molecule has 0 bridgehead atoms. The average Bonchev–Trinajstić information content (AvgIpc) is 2.28. The third-order valence-corrected chi connectivity index (χ3v) is 2.20. The highest BCUT2D eigenvalue weighted by molar-refractivity contribution is 6.33. The molecule has 0 aromatic heterocycles. The van der Waals surface area contributed by atoms with Crippen LogP contribution in [-0.2, 0) is 0 Å². The summed E-state index contributed by atoms with van der Waals surface area (Å²) in [6.07, 6.45) is 0. The first-order valence-electron chi connectivity index (χ1n) is 5.55. The first kappa shape index (κ1) is 17.7. The van der Waals surface area contributed by atoms with Crippen molar-refractivity contribution in [2.45, 2.75) is 0 Å². The molecule has 0 saturated heterocycles. The number of hydrogen-bond donors (Lipinski definition) is 3. The van der Waals surface area contributed by atoms with Gasteiger partial charge in [-0.3, -0.25) is 4.79 Å². The topological polar surface area (TPSA) is 82.0 Å². The molecule has 0 atom stereocenters. The largest absolute Gasteiger partial charge is 0.707 e. The predicted molar refractivity (Wildman–Crippen MR) is 75.4 cm³/mol. The van der Waals surface area contributed by atoms with Gasteiger partial charge >= 0.3 is 7.32 Å². The minimum atomic E-state index is -1.86. The Balaban J connectivity index is 0.00000324. The van der Waals surface area contributed by atoms with Crippen molar-refractivity contribution in [3.63, 3.8) is 0 Å². The van der Waals surface area contributed by atoms with Gasteiger partial charge in [0.1, 0.15) is 5.75 Å². The van der Waals surface area contributed by atoms with Gasteiger partial charge in [0.2, 0.25) is 0 Å². The Morgan fingerprint density at radius 2 is 1.89 bits per heavy atom. The van der Waals surface area contributed by atoms with Crippen molar-refractivity contribution in [1.29, 1.82) is 0 Å². The van der Waals surface area contributed by atoms with Crippen LogP contribution in [0.15, 0.2) is 24.3 Å². The summed E-state index contributed by atoms with van der Waals surface area (Å²) < 4.78 is 4.63. The summed E-state index contributed by atoms with van der Waals surface area (Å²) in [5, 5.41) is 20.0. The molecule has 1 amide bonds. The second-order valence-electron chi connectivity index (χ2n) is 4.03. The summed E-state index contributed by atoms with van der Waals surface area (Å²) in [5.74, 6) is 0.114. The van der Waals surface area contributed by atoms with Crippen molar-refractivity contribution in [3.8, 4) is 5.75 Å². The van der Waals surface area contributed by atoms with Gasteiger partial charge in [0.15, 0.2) is 0 Å². The SMILES string of the molecule is CN(C)CCNC(=O)c1ccc(OB(O)O)cc1.Cl. The molecule has 106 valence electrons. The molecule has 0 fully saturated rings. The van der Waals surface area contributed by atoms with Crippen LogP contribution in [0.3, 0.4) is 0 Å². The Kier molecular flexibility index (Phi) is 8.17. The molecule has 0 heterocycles. The zero-order valence-electron chi connectivity index (χ0n) is 10.9. The van der Waals surface area contributed by atoms with Crippen molar-refractivity contribution in [3.05, 3.63) is 29.8 Å². The maximum absolute atomic E-state index is 11.7. The smallest absolute Gasteiger partial charge is 0.512 e. The van der Waals surface area contributed by atoms with Crippen LogP contribution in [0.25, 0.3) is 0 Å². The predicted octanol–water partition coefficient (Wildman–Crippen LogP) is -0.252. The highest BCUT2D eigenvalue weighted by Gasteiger charge is 2.11. The van der Waals surface area contributed by atoms with Gasteiger partial charge in [-0.25, -0.2) is 0 Å². The van der Waals surface area contributed by atoms with Crippen LogP contribution in [0.5, 0.6) is 5.75 Å². The van der Waals surface area contributed by atoms with Crippen molar-refractivity contribution in [2.24, 2.45) is 0 Å². The molecule has 0 saturated carbocycles. The Bertz CT molecular complexity index is 387. The Hall–Kier alpha value is -1.28. The number of halogens is 1. The number of nitrogens with zero attached hydrogens (tertiary/aromatic N) is 1. The van der Waals surface area contributed by atoms with Gasteiger partial charge in [0.05, 0.1) is 0 Å². The van der Waals surface area contributed by atoms with Crippen LogP contribution in [-0.4, -0.2) is 55.4 Å². The van der Waals surface area contributed by atoms with Crippen LogP contribution in [0, 0.1) is 0 Å². The molecule has 0 aliphatic heterocycles. The zero-order chi connectivity index (χ0) is 13.5. The first-order chi connectivity index (χ1) is 8.49. The fourth-order valence-electron chi connectivity index (χ4n) is 1.30. The van der Waals surface area contributed by atoms with E-state index in [1.165, 1.54) is 12.1 Å². The Morgan fingerprint density at radius 1 is 1.32 bits per heavy atom. The maximum Gasteiger partial charge on any atom is 0.707 e. The summed E-state index contributed by atoms with van der Waals surface area (Å²) in [4.78, 5) is 13.7. The second-order valence-corrected chi connectivity index (χ2v) is 4.03. The average molecular weight is 289 g/mol. The van der Waals surface area contributed by atoms with Crippen LogP contribution in [0.2, 0.25) is 0 Å². The lowest BCUT2D eigenvalue weighted by Crippen LogP contribution is -2.31. The number of nitrogens with one attached hydrogen (secondary N) is 1. The van der Waals surface area contributed by atoms with E-state index < -0.39 is 7.32 Å². The molecule has 0 aliphatic rings. The maximum atomic E-state index is 11.7. The van der Waals surface area contributed by atoms with Gasteiger partial charge in [-0.1, -0.05) is 0 Å². The fourth-order valence-corrected chi connectivity index (χ4v) is 1.30. The molecule has 0 radical (unpaired) electrons. The monoisotopic (exact) mass is 288 g/mol. The number of hydrogen-bond acceptors (Lipinski definition) is 5. The summed E-state index contributed by atoms with van der Waals surface area (Å²) in [6.45, 7) is 1.34. The summed E-state index contributed by atoms with van der Waals surface area (Å²) >= 11 is 0. The van der Waals surface area contributed by atoms with Crippen molar-refractivity contribution in [2.75, 3.05) is 27.2 Å². The van der Waals surface area contributed by atoms with Crippen LogP contribution < -0.4 is 9.97 Å². The molecule has 6 nitrogen and oxygen atoms in total. The molecule has 1 aromatic rings. The van der Waals surface area contributed by atoms with E-state index in [4.69, 9.17) is 10.0 Å². The lowest BCUT2D eigenvalue weighted by atomic mass is 10.2. The molecule has 0 spiro atoms. The number of rotatable bonds is 6. The fraction of sp³-hybridized carbons (Fsp3) is 0.364. The Labute approximate surface area is 119 Å². The van der Waals surface area contributed by atoms with Crippen molar-refractivity contribution < 1.29 is 19.5 Å². The van der Waals surface area contributed by atoms with Crippen LogP contribution in [0.1, 0.15) is 10.4 Å². The molecule has 0 unspecified atom stereocenters.